The standard InChI is InChI=1S/C13H25F3N2O/c1-3-17-8-12(6-5-7-19-11-12)9-18(4-2)10-13(14,15)16/h17H,3-11H2,1-2H3. The minimum atomic E-state index is -4.13. The van der Waals surface area contributed by atoms with E-state index in [0.717, 1.165) is 32.5 Å². The molecule has 1 N–H and O–H groups in total. The van der Waals surface area contributed by atoms with Gasteiger partial charge in [-0.05, 0) is 25.9 Å². The van der Waals surface area contributed by atoms with Gasteiger partial charge in [0.25, 0.3) is 0 Å². The van der Waals surface area contributed by atoms with E-state index in [1.165, 1.54) is 4.90 Å². The van der Waals surface area contributed by atoms with Gasteiger partial charge in [-0.25, -0.2) is 0 Å². The third-order valence-electron chi connectivity index (χ3n) is 3.56. The van der Waals surface area contributed by atoms with Crippen LogP contribution in [0.15, 0.2) is 0 Å². The van der Waals surface area contributed by atoms with Crippen molar-refractivity contribution in [2.24, 2.45) is 5.41 Å². The maximum Gasteiger partial charge on any atom is 0.401 e. The van der Waals surface area contributed by atoms with Crippen molar-refractivity contribution in [2.45, 2.75) is 32.9 Å². The zero-order chi connectivity index (χ0) is 14.4. The summed E-state index contributed by atoms with van der Waals surface area (Å²) in [5.41, 5.74) is -0.185. The Balaban J connectivity index is 2.63. The van der Waals surface area contributed by atoms with Gasteiger partial charge in [-0.15, -0.1) is 0 Å². The first-order chi connectivity index (χ1) is 8.91. The molecule has 1 rings (SSSR count). The van der Waals surface area contributed by atoms with Gasteiger partial charge in [0.2, 0.25) is 0 Å². The second-order valence-corrected chi connectivity index (χ2v) is 5.35. The molecular formula is C13H25F3N2O. The average molecular weight is 282 g/mol. The summed E-state index contributed by atoms with van der Waals surface area (Å²) in [5.74, 6) is 0. The summed E-state index contributed by atoms with van der Waals surface area (Å²) < 4.78 is 43.1. The first kappa shape index (κ1) is 16.7. The van der Waals surface area contributed by atoms with Gasteiger partial charge in [-0.3, -0.25) is 4.90 Å². The molecule has 0 saturated carbocycles. The predicted molar refractivity (Wildman–Crippen MR) is 69.2 cm³/mol. The molecule has 1 unspecified atom stereocenters. The van der Waals surface area contributed by atoms with Gasteiger partial charge < -0.3 is 10.1 Å². The molecule has 0 aromatic carbocycles. The molecule has 0 amide bonds. The lowest BCUT2D eigenvalue weighted by Gasteiger charge is -2.41. The lowest BCUT2D eigenvalue weighted by atomic mass is 9.81. The molecule has 0 aromatic rings. The molecular weight excluding hydrogens is 257 g/mol. The molecule has 1 saturated heterocycles. The van der Waals surface area contributed by atoms with E-state index in [-0.39, 0.29) is 5.41 Å². The van der Waals surface area contributed by atoms with E-state index in [2.05, 4.69) is 5.32 Å². The summed E-state index contributed by atoms with van der Waals surface area (Å²) in [4.78, 5) is 1.48. The molecule has 1 heterocycles. The minimum Gasteiger partial charge on any atom is -0.381 e. The zero-order valence-corrected chi connectivity index (χ0v) is 11.9. The van der Waals surface area contributed by atoms with Crippen molar-refractivity contribution in [1.29, 1.82) is 0 Å². The van der Waals surface area contributed by atoms with Crippen LogP contribution >= 0.6 is 0 Å². The normalized spacial score (nSPS) is 24.9. The number of alkyl halides is 3. The van der Waals surface area contributed by atoms with E-state index >= 15 is 0 Å². The molecule has 114 valence electrons. The van der Waals surface area contributed by atoms with Crippen LogP contribution in [0.2, 0.25) is 0 Å². The van der Waals surface area contributed by atoms with Crippen molar-refractivity contribution in [1.82, 2.24) is 10.2 Å². The summed E-state index contributed by atoms with van der Waals surface area (Å²) in [6.07, 6.45) is -2.28. The van der Waals surface area contributed by atoms with E-state index < -0.39 is 12.7 Å². The number of nitrogens with one attached hydrogen (secondary N) is 1. The Morgan fingerprint density at radius 2 is 2.05 bits per heavy atom. The molecule has 1 fully saturated rings. The fourth-order valence-corrected chi connectivity index (χ4v) is 2.63. The van der Waals surface area contributed by atoms with Crippen LogP contribution in [0, 0.1) is 5.41 Å². The van der Waals surface area contributed by atoms with Crippen LogP contribution in [-0.2, 0) is 4.74 Å². The Bertz CT molecular complexity index is 253. The average Bonchev–Trinajstić information content (AvgIpc) is 2.35. The highest BCUT2D eigenvalue weighted by atomic mass is 19.4. The van der Waals surface area contributed by atoms with Crippen LogP contribution in [-0.4, -0.2) is 57.0 Å². The largest absolute Gasteiger partial charge is 0.401 e. The monoisotopic (exact) mass is 282 g/mol. The highest BCUT2D eigenvalue weighted by Crippen LogP contribution is 2.30. The van der Waals surface area contributed by atoms with Gasteiger partial charge >= 0.3 is 6.18 Å². The van der Waals surface area contributed by atoms with Gasteiger partial charge in [0.15, 0.2) is 0 Å². The second kappa shape index (κ2) is 7.45. The third kappa shape index (κ3) is 6.10. The second-order valence-electron chi connectivity index (χ2n) is 5.35. The summed E-state index contributed by atoms with van der Waals surface area (Å²) in [6, 6.07) is 0. The number of nitrogens with zero attached hydrogens (tertiary/aromatic N) is 1. The maximum absolute atomic E-state index is 12.5. The van der Waals surface area contributed by atoms with E-state index in [1.54, 1.807) is 6.92 Å². The molecule has 0 spiro atoms. The third-order valence-corrected chi connectivity index (χ3v) is 3.56. The molecule has 19 heavy (non-hydrogen) atoms. The van der Waals surface area contributed by atoms with Crippen molar-refractivity contribution in [3.8, 4) is 0 Å². The Kier molecular flexibility index (Phi) is 6.56. The summed E-state index contributed by atoms with van der Waals surface area (Å²) in [7, 11) is 0. The van der Waals surface area contributed by atoms with Crippen LogP contribution in [0.5, 0.6) is 0 Å². The molecule has 6 heteroatoms. The van der Waals surface area contributed by atoms with Crippen molar-refractivity contribution < 1.29 is 17.9 Å². The van der Waals surface area contributed by atoms with Crippen LogP contribution in [0.3, 0.4) is 0 Å². The molecule has 1 aliphatic heterocycles. The van der Waals surface area contributed by atoms with E-state index in [9.17, 15) is 13.2 Å². The van der Waals surface area contributed by atoms with Crippen molar-refractivity contribution in [3.63, 3.8) is 0 Å². The molecule has 0 aliphatic carbocycles. The minimum absolute atomic E-state index is 0.185. The van der Waals surface area contributed by atoms with Gasteiger partial charge in [-0.2, -0.15) is 13.2 Å². The van der Waals surface area contributed by atoms with E-state index in [1.807, 2.05) is 6.92 Å². The summed E-state index contributed by atoms with van der Waals surface area (Å²) in [6.45, 7) is 6.61. The number of rotatable bonds is 7. The lowest BCUT2D eigenvalue weighted by molar-refractivity contribution is -0.151. The number of hydrogen-bond donors (Lipinski definition) is 1. The zero-order valence-electron chi connectivity index (χ0n) is 11.9. The number of ether oxygens (including phenoxy) is 1. The molecule has 1 aliphatic rings. The first-order valence-corrected chi connectivity index (χ1v) is 6.98. The highest BCUT2D eigenvalue weighted by molar-refractivity contribution is 4.87. The van der Waals surface area contributed by atoms with E-state index in [4.69, 9.17) is 4.74 Å². The lowest BCUT2D eigenvalue weighted by Crippen LogP contribution is -2.50. The van der Waals surface area contributed by atoms with Gasteiger partial charge in [0.1, 0.15) is 0 Å². The molecule has 1 atom stereocenters. The fraction of sp³-hybridized carbons (Fsp3) is 1.00. The molecule has 0 radical (unpaired) electrons. The van der Waals surface area contributed by atoms with Gasteiger partial charge in [0, 0.05) is 25.1 Å². The van der Waals surface area contributed by atoms with Crippen molar-refractivity contribution in [2.75, 3.05) is 45.9 Å². The Morgan fingerprint density at radius 3 is 2.53 bits per heavy atom. The topological polar surface area (TPSA) is 24.5 Å². The van der Waals surface area contributed by atoms with Crippen molar-refractivity contribution in [3.05, 3.63) is 0 Å². The quantitative estimate of drug-likeness (QED) is 0.775. The van der Waals surface area contributed by atoms with Crippen LogP contribution < -0.4 is 5.32 Å². The highest BCUT2D eigenvalue weighted by Gasteiger charge is 2.37. The number of halogens is 3. The fourth-order valence-electron chi connectivity index (χ4n) is 2.63. The maximum atomic E-state index is 12.5. The van der Waals surface area contributed by atoms with E-state index in [0.29, 0.717) is 19.7 Å². The molecule has 3 nitrogen and oxygen atoms in total. The molecule has 0 bridgehead atoms. The van der Waals surface area contributed by atoms with Crippen LogP contribution in [0.4, 0.5) is 13.2 Å². The summed E-state index contributed by atoms with van der Waals surface area (Å²) in [5, 5.41) is 3.26. The SMILES string of the molecule is CCNCC1(CN(CC)CC(F)(F)F)CCCOC1. The van der Waals surface area contributed by atoms with Crippen LogP contribution in [0.1, 0.15) is 26.7 Å². The van der Waals surface area contributed by atoms with Crippen LogP contribution in [0.25, 0.3) is 0 Å². The Morgan fingerprint density at radius 1 is 1.32 bits per heavy atom. The van der Waals surface area contributed by atoms with Crippen molar-refractivity contribution >= 4 is 0 Å². The summed E-state index contributed by atoms with van der Waals surface area (Å²) >= 11 is 0. The van der Waals surface area contributed by atoms with Gasteiger partial charge in [-0.1, -0.05) is 13.8 Å². The number of hydrogen-bond acceptors (Lipinski definition) is 3. The molecule has 0 aromatic heterocycles. The smallest absolute Gasteiger partial charge is 0.381 e. The Labute approximate surface area is 113 Å². The predicted octanol–water partition coefficient (Wildman–Crippen LogP) is 2.28. The Hall–Kier alpha value is -0.330. The van der Waals surface area contributed by atoms with Gasteiger partial charge in [0.05, 0.1) is 13.2 Å². The first-order valence-electron chi connectivity index (χ1n) is 6.98.